The van der Waals surface area contributed by atoms with E-state index in [4.69, 9.17) is 12.2 Å². The van der Waals surface area contributed by atoms with Gasteiger partial charge < -0.3 is 15.3 Å². The first-order valence-electron chi connectivity index (χ1n) is 4.95. The molecule has 1 aromatic rings. The summed E-state index contributed by atoms with van der Waals surface area (Å²) in [6.07, 6.45) is -0.446. The maximum absolute atomic E-state index is 12.7. The quantitative estimate of drug-likeness (QED) is 0.793. The predicted octanol–water partition coefficient (Wildman–Crippen LogP) is 1.84. The minimum Gasteiger partial charge on any atom is -0.392 e. The number of aliphatic hydroxyl groups excluding tert-OH is 1. The first kappa shape index (κ1) is 12.9. The van der Waals surface area contributed by atoms with E-state index in [1.807, 2.05) is 0 Å². The van der Waals surface area contributed by atoms with Crippen LogP contribution in [0.2, 0.25) is 0 Å². The molecule has 0 aliphatic heterocycles. The second-order valence-electron chi connectivity index (χ2n) is 3.67. The van der Waals surface area contributed by atoms with Crippen LogP contribution in [0.3, 0.4) is 0 Å². The zero-order chi connectivity index (χ0) is 12.1. The van der Waals surface area contributed by atoms with Crippen LogP contribution in [-0.4, -0.2) is 34.8 Å². The number of thiocarbonyl (C=S) groups is 1. The Kier molecular flexibility index (Phi) is 4.64. The molecule has 5 heteroatoms. The first-order valence-corrected chi connectivity index (χ1v) is 5.35. The van der Waals surface area contributed by atoms with Crippen molar-refractivity contribution in [1.82, 2.24) is 4.90 Å². The van der Waals surface area contributed by atoms with Crippen molar-refractivity contribution in [3.63, 3.8) is 0 Å². The average Bonchev–Trinajstić information content (AvgIpc) is 2.20. The zero-order valence-electron chi connectivity index (χ0n) is 9.27. The average molecular weight is 242 g/mol. The minimum absolute atomic E-state index is 0.284. The molecule has 2 N–H and O–H groups in total. The van der Waals surface area contributed by atoms with Crippen molar-refractivity contribution in [3.05, 3.63) is 30.1 Å². The Hall–Kier alpha value is -1.20. The van der Waals surface area contributed by atoms with Gasteiger partial charge in [-0.25, -0.2) is 4.39 Å². The fourth-order valence-electron chi connectivity index (χ4n) is 1.23. The summed E-state index contributed by atoms with van der Waals surface area (Å²) in [7, 11) is 1.78. The highest BCUT2D eigenvalue weighted by molar-refractivity contribution is 7.80. The van der Waals surface area contributed by atoms with Crippen molar-refractivity contribution in [1.29, 1.82) is 0 Å². The maximum Gasteiger partial charge on any atom is 0.173 e. The molecule has 0 heterocycles. The van der Waals surface area contributed by atoms with Gasteiger partial charge in [-0.3, -0.25) is 0 Å². The molecule has 0 amide bonds. The van der Waals surface area contributed by atoms with Gasteiger partial charge in [0.15, 0.2) is 5.11 Å². The highest BCUT2D eigenvalue weighted by Crippen LogP contribution is 2.09. The lowest BCUT2D eigenvalue weighted by Gasteiger charge is -2.22. The van der Waals surface area contributed by atoms with Gasteiger partial charge in [-0.2, -0.15) is 0 Å². The van der Waals surface area contributed by atoms with Crippen LogP contribution in [0.5, 0.6) is 0 Å². The van der Waals surface area contributed by atoms with E-state index in [0.717, 1.165) is 5.69 Å². The largest absolute Gasteiger partial charge is 0.392 e. The zero-order valence-corrected chi connectivity index (χ0v) is 10.1. The van der Waals surface area contributed by atoms with E-state index in [-0.39, 0.29) is 5.82 Å². The van der Waals surface area contributed by atoms with Gasteiger partial charge in [0.25, 0.3) is 0 Å². The molecule has 16 heavy (non-hydrogen) atoms. The van der Waals surface area contributed by atoms with Crippen molar-refractivity contribution in [3.8, 4) is 0 Å². The van der Waals surface area contributed by atoms with Crippen LogP contribution in [0.4, 0.5) is 10.1 Å². The Bertz CT molecular complexity index is 354. The van der Waals surface area contributed by atoms with Crippen molar-refractivity contribution >= 4 is 23.0 Å². The minimum atomic E-state index is -0.446. The Morgan fingerprint density at radius 2 is 2.06 bits per heavy atom. The molecule has 0 aliphatic rings. The number of halogens is 1. The molecule has 1 aromatic carbocycles. The van der Waals surface area contributed by atoms with Crippen LogP contribution < -0.4 is 5.32 Å². The maximum atomic E-state index is 12.7. The topological polar surface area (TPSA) is 35.5 Å². The molecule has 88 valence electrons. The number of anilines is 1. The van der Waals surface area contributed by atoms with E-state index >= 15 is 0 Å². The summed E-state index contributed by atoms with van der Waals surface area (Å²) in [6, 6.07) is 5.94. The van der Waals surface area contributed by atoms with E-state index < -0.39 is 6.10 Å². The molecule has 3 nitrogen and oxygen atoms in total. The van der Waals surface area contributed by atoms with Crippen molar-refractivity contribution in [2.45, 2.75) is 13.0 Å². The Morgan fingerprint density at radius 3 is 2.56 bits per heavy atom. The number of rotatable bonds is 3. The van der Waals surface area contributed by atoms with Crippen LogP contribution in [0.25, 0.3) is 0 Å². The lowest BCUT2D eigenvalue weighted by Crippen LogP contribution is -2.36. The standard InChI is InChI=1S/C11H15FN2OS/c1-8(15)7-14(2)11(16)13-10-5-3-9(12)4-6-10/h3-6,8,15H,7H2,1-2H3,(H,13,16)/t8-/m0/s1. The molecule has 0 fully saturated rings. The lowest BCUT2D eigenvalue weighted by molar-refractivity contribution is 0.169. The Balaban J connectivity index is 2.54. The monoisotopic (exact) mass is 242 g/mol. The summed E-state index contributed by atoms with van der Waals surface area (Å²) in [5, 5.41) is 12.6. The second-order valence-corrected chi connectivity index (χ2v) is 4.05. The summed E-state index contributed by atoms with van der Waals surface area (Å²) in [6.45, 7) is 2.14. The SMILES string of the molecule is C[C@H](O)CN(C)C(=S)Nc1ccc(F)cc1. The van der Waals surface area contributed by atoms with Gasteiger partial charge in [-0.1, -0.05) is 0 Å². The molecule has 0 unspecified atom stereocenters. The number of nitrogens with zero attached hydrogens (tertiary/aromatic N) is 1. The van der Waals surface area contributed by atoms with Gasteiger partial charge in [0.2, 0.25) is 0 Å². The molecule has 0 aliphatic carbocycles. The highest BCUT2D eigenvalue weighted by Gasteiger charge is 2.07. The van der Waals surface area contributed by atoms with Gasteiger partial charge >= 0.3 is 0 Å². The van der Waals surface area contributed by atoms with E-state index in [0.29, 0.717) is 11.7 Å². The van der Waals surface area contributed by atoms with Crippen LogP contribution in [0, 0.1) is 5.82 Å². The van der Waals surface area contributed by atoms with E-state index in [1.54, 1.807) is 31.0 Å². The smallest absolute Gasteiger partial charge is 0.173 e. The molecular weight excluding hydrogens is 227 g/mol. The number of aliphatic hydroxyl groups is 1. The molecule has 0 aromatic heterocycles. The summed E-state index contributed by atoms with van der Waals surface area (Å²) in [5.74, 6) is -0.284. The van der Waals surface area contributed by atoms with Crippen molar-refractivity contribution < 1.29 is 9.50 Å². The third-order valence-corrected chi connectivity index (χ3v) is 2.39. The number of benzene rings is 1. The highest BCUT2D eigenvalue weighted by atomic mass is 32.1. The van der Waals surface area contributed by atoms with Crippen LogP contribution in [0.15, 0.2) is 24.3 Å². The number of hydrogen-bond donors (Lipinski definition) is 2. The van der Waals surface area contributed by atoms with Crippen LogP contribution in [0.1, 0.15) is 6.92 Å². The van der Waals surface area contributed by atoms with Gasteiger partial charge in [-0.15, -0.1) is 0 Å². The fourth-order valence-corrected chi connectivity index (χ4v) is 1.42. The van der Waals surface area contributed by atoms with Crippen molar-refractivity contribution in [2.75, 3.05) is 18.9 Å². The van der Waals surface area contributed by atoms with Gasteiger partial charge in [0.05, 0.1) is 6.10 Å². The normalized spacial score (nSPS) is 12.0. The summed E-state index contributed by atoms with van der Waals surface area (Å²) < 4.78 is 12.7. The predicted molar refractivity (Wildman–Crippen MR) is 66.9 cm³/mol. The van der Waals surface area contributed by atoms with E-state index in [2.05, 4.69) is 5.32 Å². The van der Waals surface area contributed by atoms with Gasteiger partial charge in [-0.05, 0) is 43.4 Å². The third kappa shape index (κ3) is 4.12. The molecule has 0 bridgehead atoms. The van der Waals surface area contributed by atoms with E-state index in [9.17, 15) is 9.50 Å². The third-order valence-electron chi connectivity index (χ3n) is 1.98. The molecule has 1 atom stereocenters. The fraction of sp³-hybridized carbons (Fsp3) is 0.364. The molecule has 0 saturated carbocycles. The van der Waals surface area contributed by atoms with Crippen molar-refractivity contribution in [2.24, 2.45) is 0 Å². The lowest BCUT2D eigenvalue weighted by atomic mass is 10.3. The summed E-state index contributed by atoms with van der Waals surface area (Å²) in [5.41, 5.74) is 0.726. The first-order chi connectivity index (χ1) is 7.49. The Morgan fingerprint density at radius 1 is 1.50 bits per heavy atom. The van der Waals surface area contributed by atoms with Gasteiger partial charge in [0, 0.05) is 19.3 Å². The molecule has 0 radical (unpaired) electrons. The Labute approximate surface area is 99.9 Å². The summed E-state index contributed by atoms with van der Waals surface area (Å²) >= 11 is 5.12. The molecule has 1 rings (SSSR count). The van der Waals surface area contributed by atoms with E-state index in [1.165, 1.54) is 12.1 Å². The molecular formula is C11H15FN2OS. The second kappa shape index (κ2) is 5.77. The van der Waals surface area contributed by atoms with Crippen LogP contribution in [-0.2, 0) is 0 Å². The van der Waals surface area contributed by atoms with Gasteiger partial charge in [0.1, 0.15) is 5.82 Å². The number of hydrogen-bond acceptors (Lipinski definition) is 2. The van der Waals surface area contributed by atoms with Crippen LogP contribution >= 0.6 is 12.2 Å². The molecule has 0 spiro atoms. The number of nitrogens with one attached hydrogen (secondary N) is 1. The summed E-state index contributed by atoms with van der Waals surface area (Å²) in [4.78, 5) is 1.73. The number of likely N-dealkylation sites (N-methyl/N-ethyl adjacent to an activating group) is 1. The molecule has 0 saturated heterocycles.